The van der Waals surface area contributed by atoms with E-state index in [1.807, 2.05) is 30.0 Å². The monoisotopic (exact) mass is 533 g/mol. The van der Waals surface area contributed by atoms with Crippen LogP contribution in [0.15, 0.2) is 59.0 Å². The highest BCUT2D eigenvalue weighted by atomic mass is 32.1. The Morgan fingerprint density at radius 3 is 2.66 bits per heavy atom. The first-order chi connectivity index (χ1) is 18.3. The number of thiocarbonyl (C=S) groups is 1. The number of oxazole rings is 1. The molecule has 12 heteroatoms. The van der Waals surface area contributed by atoms with Crippen LogP contribution in [0.5, 0.6) is 5.75 Å². The van der Waals surface area contributed by atoms with Gasteiger partial charge in [0, 0.05) is 36.5 Å². The first-order valence-corrected chi connectivity index (χ1v) is 12.1. The fourth-order valence-corrected chi connectivity index (χ4v) is 4.37. The number of rotatable bonds is 5. The summed E-state index contributed by atoms with van der Waals surface area (Å²) in [6.45, 7) is 3.95. The maximum atomic E-state index is 12.8. The van der Waals surface area contributed by atoms with Gasteiger partial charge in [0.2, 0.25) is 5.89 Å². The first kappa shape index (κ1) is 25.1. The van der Waals surface area contributed by atoms with Crippen molar-refractivity contribution in [3.8, 4) is 17.2 Å². The minimum atomic E-state index is -0.610. The zero-order valence-electron chi connectivity index (χ0n) is 20.3. The van der Waals surface area contributed by atoms with E-state index in [1.165, 1.54) is 18.2 Å². The second-order valence-corrected chi connectivity index (χ2v) is 9.10. The molecule has 1 saturated heterocycles. The van der Waals surface area contributed by atoms with Crippen molar-refractivity contribution in [3.05, 3.63) is 75.8 Å². The summed E-state index contributed by atoms with van der Waals surface area (Å²) in [5.41, 5.74) is 3.47. The average Bonchev–Trinajstić information content (AvgIpc) is 3.31. The van der Waals surface area contributed by atoms with Gasteiger partial charge in [0.25, 0.3) is 11.6 Å². The Morgan fingerprint density at radius 2 is 1.92 bits per heavy atom. The van der Waals surface area contributed by atoms with Crippen molar-refractivity contribution >= 4 is 51.4 Å². The predicted molar refractivity (Wildman–Crippen MR) is 146 cm³/mol. The lowest BCUT2D eigenvalue weighted by Crippen LogP contribution is -2.37. The molecule has 0 aliphatic carbocycles. The van der Waals surface area contributed by atoms with Crippen LogP contribution in [0.3, 0.4) is 0 Å². The number of anilines is 2. The smallest absolute Gasteiger partial charge is 0.293 e. The molecule has 11 nitrogen and oxygen atoms in total. The van der Waals surface area contributed by atoms with Crippen LogP contribution in [0, 0.1) is 17.0 Å². The molecule has 0 unspecified atom stereocenters. The highest BCUT2D eigenvalue weighted by molar-refractivity contribution is 7.80. The summed E-state index contributed by atoms with van der Waals surface area (Å²) in [5.74, 6) is -0.434. The Balaban J connectivity index is 1.27. The molecular formula is C26H23N5O6S. The Labute approximate surface area is 222 Å². The molecule has 1 aromatic heterocycles. The van der Waals surface area contributed by atoms with Gasteiger partial charge in [0.05, 0.1) is 23.7 Å². The molecule has 1 aliphatic heterocycles. The van der Waals surface area contributed by atoms with E-state index in [2.05, 4.69) is 15.6 Å². The zero-order chi connectivity index (χ0) is 26.8. The number of benzene rings is 3. The van der Waals surface area contributed by atoms with E-state index >= 15 is 0 Å². The highest BCUT2D eigenvalue weighted by Gasteiger charge is 2.23. The Hall–Kier alpha value is -4.55. The van der Waals surface area contributed by atoms with Crippen LogP contribution >= 0.6 is 12.2 Å². The molecule has 38 heavy (non-hydrogen) atoms. The Bertz CT molecular complexity index is 1560. The molecule has 0 radical (unpaired) electrons. The number of carbonyl (C=O) groups is 1. The maximum absolute atomic E-state index is 12.8. The van der Waals surface area contributed by atoms with Gasteiger partial charge in [-0.15, -0.1) is 0 Å². The van der Waals surface area contributed by atoms with Crippen LogP contribution < -0.4 is 15.5 Å². The van der Waals surface area contributed by atoms with Gasteiger partial charge in [-0.2, -0.15) is 0 Å². The molecular weight excluding hydrogens is 510 g/mol. The van der Waals surface area contributed by atoms with Crippen molar-refractivity contribution in [1.82, 2.24) is 10.3 Å². The molecule has 3 N–H and O–H groups in total. The lowest BCUT2D eigenvalue weighted by atomic mass is 10.1. The average molecular weight is 534 g/mol. The molecule has 0 spiro atoms. The van der Waals surface area contributed by atoms with Gasteiger partial charge < -0.3 is 24.5 Å². The van der Waals surface area contributed by atoms with Gasteiger partial charge in [-0.3, -0.25) is 20.2 Å². The lowest BCUT2D eigenvalue weighted by molar-refractivity contribution is -0.384. The van der Waals surface area contributed by atoms with Crippen molar-refractivity contribution in [3.63, 3.8) is 0 Å². The normalized spacial score (nSPS) is 13.3. The fraction of sp³-hybridized carbons (Fsp3) is 0.192. The van der Waals surface area contributed by atoms with E-state index in [0.717, 1.165) is 5.56 Å². The summed E-state index contributed by atoms with van der Waals surface area (Å²) in [6, 6.07) is 14.6. The first-order valence-electron chi connectivity index (χ1n) is 11.7. The molecule has 4 aromatic rings. The minimum Gasteiger partial charge on any atom is -0.507 e. The van der Waals surface area contributed by atoms with Crippen LogP contribution in [0.2, 0.25) is 0 Å². The van der Waals surface area contributed by atoms with Gasteiger partial charge in [0.15, 0.2) is 10.7 Å². The third-order valence-corrected chi connectivity index (χ3v) is 6.25. The predicted octanol–water partition coefficient (Wildman–Crippen LogP) is 4.38. The van der Waals surface area contributed by atoms with Gasteiger partial charge in [-0.05, 0) is 61.1 Å². The number of nitrogens with zero attached hydrogens (tertiary/aromatic N) is 3. The zero-order valence-corrected chi connectivity index (χ0v) is 21.1. The van der Waals surface area contributed by atoms with Crippen LogP contribution in [0.25, 0.3) is 22.6 Å². The van der Waals surface area contributed by atoms with Crippen molar-refractivity contribution in [2.75, 3.05) is 36.5 Å². The lowest BCUT2D eigenvalue weighted by Gasteiger charge is -2.28. The SMILES string of the molecule is Cc1ccc2nc(-c3ccc(NC(=S)NC(=O)c4ccc(N5CCOCC5)c([N+](=O)[O-])c4)cc3O)oc2c1. The summed E-state index contributed by atoms with van der Waals surface area (Å²) in [7, 11) is 0. The van der Waals surface area contributed by atoms with Gasteiger partial charge in [-0.25, -0.2) is 4.98 Å². The molecule has 194 valence electrons. The number of aryl methyl sites for hydroxylation is 1. The number of hydrogen-bond acceptors (Lipinski definition) is 9. The molecule has 3 aromatic carbocycles. The standard InChI is InChI=1S/C26H23N5O6S/c1-15-2-6-19-23(12-15)37-25(28-19)18-5-4-17(14-22(18)32)27-26(38)29-24(33)16-3-7-20(21(13-16)31(34)35)30-8-10-36-11-9-30/h2-7,12-14,32H,8-11H2,1H3,(H2,27,29,33,38). The van der Waals surface area contributed by atoms with Crippen molar-refractivity contribution < 1.29 is 24.0 Å². The molecule has 5 rings (SSSR count). The van der Waals surface area contributed by atoms with Crippen LogP contribution in [0.4, 0.5) is 17.1 Å². The molecule has 0 bridgehead atoms. The second-order valence-electron chi connectivity index (χ2n) is 8.69. The number of nitrogens with one attached hydrogen (secondary N) is 2. The number of amides is 1. The van der Waals surface area contributed by atoms with E-state index in [0.29, 0.717) is 54.3 Å². The molecule has 1 fully saturated rings. The number of aromatic hydroxyl groups is 1. The number of phenolic OH excluding ortho intramolecular Hbond substituents is 1. The summed E-state index contributed by atoms with van der Waals surface area (Å²) >= 11 is 5.24. The summed E-state index contributed by atoms with van der Waals surface area (Å²) in [5, 5.41) is 27.5. The number of phenols is 1. The largest absolute Gasteiger partial charge is 0.507 e. The Morgan fingerprint density at radius 1 is 1.13 bits per heavy atom. The molecule has 0 atom stereocenters. The van der Waals surface area contributed by atoms with E-state index in [1.54, 1.807) is 18.2 Å². The minimum absolute atomic E-state index is 0.0422. The summed E-state index contributed by atoms with van der Waals surface area (Å²) in [6.07, 6.45) is 0. The Kier molecular flexibility index (Phi) is 6.90. The topological polar surface area (TPSA) is 143 Å². The van der Waals surface area contributed by atoms with E-state index < -0.39 is 10.8 Å². The van der Waals surface area contributed by atoms with Crippen LogP contribution in [-0.4, -0.2) is 52.3 Å². The van der Waals surface area contributed by atoms with Gasteiger partial charge >= 0.3 is 0 Å². The second kappa shape index (κ2) is 10.4. The number of aromatic nitrogens is 1. The van der Waals surface area contributed by atoms with E-state index in [9.17, 15) is 20.0 Å². The number of fused-ring (bicyclic) bond motifs is 1. The summed E-state index contributed by atoms with van der Waals surface area (Å²) in [4.78, 5) is 30.2. The number of hydrogen-bond donors (Lipinski definition) is 3. The highest BCUT2D eigenvalue weighted by Crippen LogP contribution is 2.33. The number of carbonyl (C=O) groups excluding carboxylic acids is 1. The quantitative estimate of drug-likeness (QED) is 0.192. The van der Waals surface area contributed by atoms with Crippen molar-refractivity contribution in [1.29, 1.82) is 0 Å². The number of ether oxygens (including phenoxy) is 1. The number of nitro groups is 1. The van der Waals surface area contributed by atoms with E-state index in [4.69, 9.17) is 21.4 Å². The van der Waals surface area contributed by atoms with Crippen molar-refractivity contribution in [2.45, 2.75) is 6.92 Å². The van der Waals surface area contributed by atoms with Crippen LogP contribution in [0.1, 0.15) is 15.9 Å². The molecule has 1 amide bonds. The third kappa shape index (κ3) is 5.26. The molecule has 2 heterocycles. The summed E-state index contributed by atoms with van der Waals surface area (Å²) < 4.78 is 11.1. The molecule has 0 saturated carbocycles. The number of nitro benzene ring substituents is 1. The van der Waals surface area contributed by atoms with Gasteiger partial charge in [-0.1, -0.05) is 6.07 Å². The van der Waals surface area contributed by atoms with Gasteiger partial charge in [0.1, 0.15) is 17.0 Å². The maximum Gasteiger partial charge on any atom is 0.293 e. The van der Waals surface area contributed by atoms with Crippen molar-refractivity contribution in [2.24, 2.45) is 0 Å². The fourth-order valence-electron chi connectivity index (χ4n) is 4.16. The van der Waals surface area contributed by atoms with E-state index in [-0.39, 0.29) is 28.0 Å². The van der Waals surface area contributed by atoms with Crippen LogP contribution in [-0.2, 0) is 4.74 Å². The molecule has 1 aliphatic rings. The third-order valence-electron chi connectivity index (χ3n) is 6.04. The number of morpholine rings is 1.